The van der Waals surface area contributed by atoms with Gasteiger partial charge in [0, 0.05) is 74.2 Å². The second-order valence-electron chi connectivity index (χ2n) is 15.9. The van der Waals surface area contributed by atoms with Crippen LogP contribution >= 0.6 is 0 Å². The number of aliphatic hydroxyl groups is 2. The van der Waals surface area contributed by atoms with Crippen molar-refractivity contribution >= 4 is 40.3 Å². The first kappa shape index (κ1) is 44.0. The molecule has 4 heterocycles. The summed E-state index contributed by atoms with van der Waals surface area (Å²) in [6, 6.07) is 0. The molecule has 6 rings (SSSR count). The lowest BCUT2D eigenvalue weighted by atomic mass is 9.78. The molecule has 0 saturated carbocycles. The van der Waals surface area contributed by atoms with Crippen molar-refractivity contribution < 1.29 is 58.9 Å². The number of nitrogens with one attached hydrogen (secondary N) is 1. The fourth-order valence-corrected chi connectivity index (χ4v) is 8.00. The van der Waals surface area contributed by atoms with E-state index in [2.05, 4.69) is 10.4 Å². The van der Waals surface area contributed by atoms with Gasteiger partial charge >= 0.3 is 11.8 Å². The maximum Gasteiger partial charge on any atom is 0.312 e. The van der Waals surface area contributed by atoms with Crippen molar-refractivity contribution in [2.45, 2.75) is 105 Å². The molecule has 0 unspecified atom stereocenters. The summed E-state index contributed by atoms with van der Waals surface area (Å²) in [6.45, 7) is 13.8. The molecule has 15 heteroatoms. The zero-order valence-electron chi connectivity index (χ0n) is 34.6. The molecule has 15 nitrogen and oxygen atoms in total. The number of hydrogen-bond donors (Lipinski definition) is 6. The molecule has 0 aliphatic carbocycles. The molecule has 4 aliphatic heterocycles. The number of aliphatic hydroxyl groups excluding tert-OH is 2. The number of rotatable bonds is 4. The highest BCUT2D eigenvalue weighted by atomic mass is 16.7. The normalized spacial score (nSPS) is 32.1. The second-order valence-corrected chi connectivity index (χ2v) is 15.9. The molecule has 2 aromatic carbocycles. The molecule has 2 aromatic rings. The van der Waals surface area contributed by atoms with Crippen LogP contribution in [0.1, 0.15) is 89.2 Å². The fraction of sp³-hybridized carbons (Fsp3) is 0.535. The third-order valence-corrected chi connectivity index (χ3v) is 11.7. The van der Waals surface area contributed by atoms with Gasteiger partial charge in [0.25, 0.3) is 11.7 Å². The monoisotopic (exact) mass is 807 g/mol. The summed E-state index contributed by atoms with van der Waals surface area (Å²) >= 11 is 0. The van der Waals surface area contributed by atoms with E-state index in [1.807, 2.05) is 0 Å². The van der Waals surface area contributed by atoms with E-state index >= 15 is 0 Å². The number of carbonyl (C=O) groups excluding carboxylic acids is 3. The minimum Gasteiger partial charge on any atom is -0.507 e. The summed E-state index contributed by atoms with van der Waals surface area (Å²) < 4.78 is 23.6. The molecule has 58 heavy (non-hydrogen) atoms. The maximum absolute atomic E-state index is 14.4. The van der Waals surface area contributed by atoms with Crippen LogP contribution in [0, 0.1) is 30.6 Å². The lowest BCUT2D eigenvalue weighted by Gasteiger charge is -2.38. The van der Waals surface area contributed by atoms with Gasteiger partial charge in [-0.25, -0.2) is 0 Å². The number of ketones is 1. The number of phenolic OH excluding ortho intramolecular Hbond substituents is 3. The van der Waals surface area contributed by atoms with Crippen LogP contribution in [0.25, 0.3) is 10.8 Å². The third kappa shape index (κ3) is 8.52. The first-order chi connectivity index (χ1) is 27.3. The van der Waals surface area contributed by atoms with Crippen molar-refractivity contribution in [3.05, 3.63) is 52.8 Å². The van der Waals surface area contributed by atoms with Crippen molar-refractivity contribution in [3.8, 4) is 23.0 Å². The van der Waals surface area contributed by atoms with E-state index in [9.17, 15) is 39.9 Å². The number of benzene rings is 2. The van der Waals surface area contributed by atoms with Crippen molar-refractivity contribution in [1.29, 1.82) is 0 Å². The molecule has 5 bridgehead atoms. The molecule has 1 amide bonds. The standard InChI is InChI=1S/C43H57N3O12/c1-21-14-13-15-22(2)42(54)45-33-28(20-44-46-17-11-10-12-18-46)37(51)30-31(38(33)52)36(50)26(6)40-32(30)41(53)43(8,58-40)56-19-16-29(55-9)23(3)39(57-27(7)47)25(5)35(49)24(4)34(21)48/h13-16,19-21,23-25,29,34-35,39,48-52H,10-12,17-18H2,1-9H3,(H,45,54)/b14-13+,19-16+,22-15-,44-20-/t21-,23+,24+,25+,29-,34-,35+,39+,43-/m0/s1. The van der Waals surface area contributed by atoms with Crippen LogP contribution in [0.5, 0.6) is 23.0 Å². The summed E-state index contributed by atoms with van der Waals surface area (Å²) in [6.07, 6.45) is 7.74. The quantitative estimate of drug-likeness (QED) is 0.0965. The predicted molar refractivity (Wildman–Crippen MR) is 217 cm³/mol. The van der Waals surface area contributed by atoms with Gasteiger partial charge in [-0.2, -0.15) is 5.10 Å². The minimum atomic E-state index is -2.03. The lowest BCUT2D eigenvalue weighted by Crippen LogP contribution is -2.46. The molecule has 4 aliphatic rings. The van der Waals surface area contributed by atoms with Crippen molar-refractivity contribution in [1.82, 2.24) is 5.01 Å². The van der Waals surface area contributed by atoms with E-state index in [1.165, 1.54) is 59.4 Å². The molecule has 0 spiro atoms. The number of piperidine rings is 1. The Balaban J connectivity index is 1.71. The number of hydrogen-bond acceptors (Lipinski definition) is 14. The van der Waals surface area contributed by atoms with E-state index in [0.29, 0.717) is 13.1 Å². The van der Waals surface area contributed by atoms with Gasteiger partial charge < -0.3 is 49.8 Å². The van der Waals surface area contributed by atoms with Gasteiger partial charge in [0.15, 0.2) is 5.75 Å². The summed E-state index contributed by atoms with van der Waals surface area (Å²) in [5.41, 5.74) is -0.303. The number of esters is 1. The van der Waals surface area contributed by atoms with Gasteiger partial charge in [-0.15, -0.1) is 0 Å². The topological polar surface area (TPSA) is 217 Å². The molecule has 0 aromatic heterocycles. The van der Waals surface area contributed by atoms with Gasteiger partial charge in [-0.3, -0.25) is 19.4 Å². The maximum atomic E-state index is 14.4. The number of phenols is 3. The Morgan fingerprint density at radius 1 is 0.948 bits per heavy atom. The molecular weight excluding hydrogens is 750 g/mol. The highest BCUT2D eigenvalue weighted by molar-refractivity contribution is 6.23. The van der Waals surface area contributed by atoms with Gasteiger partial charge in [-0.05, 0) is 39.2 Å². The van der Waals surface area contributed by atoms with Crippen molar-refractivity contribution in [3.63, 3.8) is 0 Å². The predicted octanol–water partition coefficient (Wildman–Crippen LogP) is 5.57. The number of nitrogens with zero attached hydrogens (tertiary/aromatic N) is 2. The van der Waals surface area contributed by atoms with E-state index in [4.69, 9.17) is 18.9 Å². The molecule has 0 radical (unpaired) electrons. The Bertz CT molecular complexity index is 2040. The molecule has 9 atom stereocenters. The molecule has 1 fully saturated rings. The molecular formula is C43H57N3O12. The summed E-state index contributed by atoms with van der Waals surface area (Å²) in [4.78, 5) is 40.4. The lowest BCUT2D eigenvalue weighted by molar-refractivity contribution is -0.160. The van der Waals surface area contributed by atoms with Crippen LogP contribution in [-0.4, -0.2) is 105 Å². The fourth-order valence-electron chi connectivity index (χ4n) is 8.00. The molecule has 1 saturated heterocycles. The minimum absolute atomic E-state index is 0.0614. The van der Waals surface area contributed by atoms with Crippen molar-refractivity contribution in [2.24, 2.45) is 28.8 Å². The van der Waals surface area contributed by atoms with E-state index in [1.54, 1.807) is 44.9 Å². The van der Waals surface area contributed by atoms with Crippen LogP contribution in [0.2, 0.25) is 0 Å². The Hall–Kier alpha value is -5.12. The summed E-state index contributed by atoms with van der Waals surface area (Å²) in [5, 5.41) is 66.8. The van der Waals surface area contributed by atoms with E-state index in [-0.39, 0.29) is 44.5 Å². The van der Waals surface area contributed by atoms with E-state index < -0.39 is 88.8 Å². The van der Waals surface area contributed by atoms with Crippen molar-refractivity contribution in [2.75, 3.05) is 25.5 Å². The Morgan fingerprint density at radius 3 is 2.26 bits per heavy atom. The number of amides is 1. The average molecular weight is 808 g/mol. The van der Waals surface area contributed by atoms with Gasteiger partial charge in [0.05, 0.1) is 53.0 Å². The zero-order chi connectivity index (χ0) is 42.8. The number of hydrazone groups is 1. The molecule has 6 N–H and O–H groups in total. The summed E-state index contributed by atoms with van der Waals surface area (Å²) in [5.74, 6) is -8.27. The third-order valence-electron chi connectivity index (χ3n) is 11.7. The van der Waals surface area contributed by atoms with Gasteiger partial charge in [-0.1, -0.05) is 45.9 Å². The largest absolute Gasteiger partial charge is 0.507 e. The van der Waals surface area contributed by atoms with Gasteiger partial charge in [0.1, 0.15) is 23.4 Å². The van der Waals surface area contributed by atoms with Crippen LogP contribution in [-0.2, 0) is 23.8 Å². The first-order valence-corrected chi connectivity index (χ1v) is 19.7. The smallest absolute Gasteiger partial charge is 0.312 e. The number of anilines is 1. The Kier molecular flexibility index (Phi) is 13.5. The van der Waals surface area contributed by atoms with Crippen LogP contribution < -0.4 is 10.1 Å². The number of fused-ring (bicyclic) bond motifs is 14. The number of Topliss-reactive ketones (excluding diaryl/α,β-unsaturated/α-hetero) is 1. The molecule has 316 valence electrons. The Labute approximate surface area is 338 Å². The van der Waals surface area contributed by atoms with Crippen LogP contribution in [0.3, 0.4) is 0 Å². The Morgan fingerprint density at radius 2 is 1.62 bits per heavy atom. The average Bonchev–Trinajstić information content (AvgIpc) is 3.46. The highest BCUT2D eigenvalue weighted by Gasteiger charge is 2.50. The van der Waals surface area contributed by atoms with Crippen LogP contribution in [0.4, 0.5) is 5.69 Å². The number of aromatic hydroxyl groups is 3. The number of ether oxygens (including phenoxy) is 4. The highest BCUT2D eigenvalue weighted by Crippen LogP contribution is 2.55. The second kappa shape index (κ2) is 17.8. The zero-order valence-corrected chi connectivity index (χ0v) is 34.6. The number of allylic oxidation sites excluding steroid dienone is 2. The number of carbonyl (C=O) groups is 3. The van der Waals surface area contributed by atoms with Crippen LogP contribution in [0.15, 0.2) is 41.2 Å². The number of methoxy groups -OCH3 is 1. The first-order valence-electron chi connectivity index (χ1n) is 19.7. The van der Waals surface area contributed by atoms with Gasteiger partial charge in [0.2, 0.25) is 0 Å². The van der Waals surface area contributed by atoms with E-state index in [0.717, 1.165) is 19.3 Å². The SMILES string of the molecule is CO[C@H]1/C=C/O[C@@]2(C)Oc3c(C)c(O)c4c(O)c(c(/C=N\N5CCCCC5)c(O)c4c3C2=O)NC(=O)/C(C)=C\C=C\[C@H](C)[C@H](O)[C@@H](C)[C@@H](O)[C@@H](C)[C@H](OC(C)=O)[C@@H]1C. The summed E-state index contributed by atoms with van der Waals surface area (Å²) in [7, 11) is 1.44.